The molecule has 9 heteroatoms. The molecule has 182 valence electrons. The van der Waals surface area contributed by atoms with Crippen LogP contribution in [0.3, 0.4) is 0 Å². The number of hydrogen-bond acceptors (Lipinski definition) is 6. The minimum atomic E-state index is -0.287. The van der Waals surface area contributed by atoms with Crippen molar-refractivity contribution >= 4 is 57.7 Å². The van der Waals surface area contributed by atoms with E-state index in [1.54, 1.807) is 28.5 Å². The Hall–Kier alpha value is -2.60. The van der Waals surface area contributed by atoms with Gasteiger partial charge in [-0.3, -0.25) is 19.1 Å². The summed E-state index contributed by atoms with van der Waals surface area (Å²) >= 11 is 13.1. The normalized spacial score (nSPS) is 18.0. The monoisotopic (exact) mass is 526 g/mol. The highest BCUT2D eigenvalue weighted by atomic mass is 35.5. The molecule has 2 aromatic rings. The zero-order chi connectivity index (χ0) is 25.3. The number of nitriles is 1. The van der Waals surface area contributed by atoms with Gasteiger partial charge in [-0.05, 0) is 55.9 Å². The number of amides is 1. The van der Waals surface area contributed by atoms with Crippen molar-refractivity contribution in [2.45, 2.75) is 46.7 Å². The maximum absolute atomic E-state index is 13.4. The first-order chi connectivity index (χ1) is 16.8. The Kier molecular flexibility index (Phi) is 7.70. The number of hydrogen-bond donors (Lipinski definition) is 0. The Labute approximate surface area is 220 Å². The van der Waals surface area contributed by atoms with Crippen molar-refractivity contribution in [2.75, 3.05) is 18.0 Å². The summed E-state index contributed by atoms with van der Waals surface area (Å²) in [7, 11) is 0. The molecular weight excluding hydrogens is 500 g/mol. The molecule has 0 aliphatic carbocycles. The van der Waals surface area contributed by atoms with E-state index >= 15 is 0 Å². The molecule has 2 saturated heterocycles. The van der Waals surface area contributed by atoms with Crippen LogP contribution in [0, 0.1) is 24.2 Å². The summed E-state index contributed by atoms with van der Waals surface area (Å²) < 4.78 is 2.12. The highest BCUT2D eigenvalue weighted by molar-refractivity contribution is 8.26. The van der Waals surface area contributed by atoms with E-state index in [-0.39, 0.29) is 23.6 Å². The Morgan fingerprint density at radius 3 is 2.57 bits per heavy atom. The fraction of sp³-hybridized carbons (Fsp3) is 0.385. The average Bonchev–Trinajstić information content (AvgIpc) is 3.10. The number of anilines is 1. The van der Waals surface area contributed by atoms with Crippen LogP contribution in [-0.2, 0) is 17.9 Å². The van der Waals surface area contributed by atoms with Gasteiger partial charge in [-0.1, -0.05) is 60.7 Å². The predicted octanol–water partition coefficient (Wildman–Crippen LogP) is 5.34. The van der Waals surface area contributed by atoms with Crippen molar-refractivity contribution in [1.29, 1.82) is 5.26 Å². The first kappa shape index (κ1) is 25.5. The number of piperidine rings is 1. The summed E-state index contributed by atoms with van der Waals surface area (Å²) in [6, 6.07) is 9.47. The van der Waals surface area contributed by atoms with Gasteiger partial charge < -0.3 is 4.90 Å². The molecule has 0 unspecified atom stereocenters. The third kappa shape index (κ3) is 4.90. The van der Waals surface area contributed by atoms with Gasteiger partial charge in [0.05, 0.1) is 11.4 Å². The third-order valence-electron chi connectivity index (χ3n) is 6.68. The van der Waals surface area contributed by atoms with Gasteiger partial charge in [0.15, 0.2) is 0 Å². The van der Waals surface area contributed by atoms with Crippen molar-refractivity contribution < 1.29 is 4.79 Å². The van der Waals surface area contributed by atoms with Crippen LogP contribution >= 0.6 is 35.6 Å². The van der Waals surface area contributed by atoms with Gasteiger partial charge in [0.25, 0.3) is 11.5 Å². The minimum absolute atomic E-state index is 0.110. The first-order valence-electron chi connectivity index (χ1n) is 11.7. The lowest BCUT2D eigenvalue weighted by Gasteiger charge is -2.35. The van der Waals surface area contributed by atoms with E-state index in [1.807, 2.05) is 25.1 Å². The van der Waals surface area contributed by atoms with E-state index in [0.717, 1.165) is 42.9 Å². The third-order valence-corrected chi connectivity index (χ3v) is 8.43. The highest BCUT2D eigenvalue weighted by Crippen LogP contribution is 2.37. The van der Waals surface area contributed by atoms with Crippen LogP contribution in [0.25, 0.3) is 6.08 Å². The maximum Gasteiger partial charge on any atom is 0.270 e. The van der Waals surface area contributed by atoms with Crippen molar-refractivity contribution in [1.82, 2.24) is 9.47 Å². The van der Waals surface area contributed by atoms with Gasteiger partial charge >= 0.3 is 0 Å². The molecule has 0 atom stereocenters. The van der Waals surface area contributed by atoms with E-state index in [9.17, 15) is 14.9 Å². The van der Waals surface area contributed by atoms with Crippen molar-refractivity contribution in [2.24, 2.45) is 5.92 Å². The fourth-order valence-electron chi connectivity index (χ4n) is 4.56. The summed E-state index contributed by atoms with van der Waals surface area (Å²) in [6.45, 7) is 8.28. The van der Waals surface area contributed by atoms with Gasteiger partial charge in [-0.25, -0.2) is 0 Å². The van der Waals surface area contributed by atoms with E-state index in [2.05, 4.69) is 17.9 Å². The number of nitrogens with zero attached hydrogens (tertiary/aromatic N) is 4. The quantitative estimate of drug-likeness (QED) is 0.387. The Bertz CT molecular complexity index is 1320. The molecular formula is C26H27ClN4O2S2. The smallest absolute Gasteiger partial charge is 0.270 e. The summed E-state index contributed by atoms with van der Waals surface area (Å²) in [5.41, 5.74) is 1.96. The second-order valence-electron chi connectivity index (χ2n) is 8.93. The molecule has 2 aliphatic heterocycles. The zero-order valence-electron chi connectivity index (χ0n) is 20.0. The van der Waals surface area contributed by atoms with Gasteiger partial charge in [0.2, 0.25) is 0 Å². The number of carbonyl (C=O) groups is 1. The molecule has 4 rings (SSSR count). The number of aromatic nitrogens is 1. The topological polar surface area (TPSA) is 69.3 Å². The van der Waals surface area contributed by atoms with E-state index in [1.165, 1.54) is 11.8 Å². The molecule has 0 N–H and O–H groups in total. The van der Waals surface area contributed by atoms with E-state index in [4.69, 9.17) is 23.8 Å². The van der Waals surface area contributed by atoms with Gasteiger partial charge in [-0.15, -0.1) is 0 Å². The van der Waals surface area contributed by atoms with Gasteiger partial charge in [0.1, 0.15) is 21.8 Å². The molecule has 0 radical (unpaired) electrons. The molecule has 1 amide bonds. The highest BCUT2D eigenvalue weighted by Gasteiger charge is 2.34. The molecule has 0 saturated carbocycles. The molecule has 0 bridgehead atoms. The molecule has 6 nitrogen and oxygen atoms in total. The molecule has 1 aromatic carbocycles. The standard InChI is InChI=1S/C26H27ClN4O2S2/c1-4-30-23(29-11-9-16(2)10-12-29)19(17(3)20(14-28)24(30)32)13-22-25(33)31(26(34)35-22)15-18-7-5-6-8-21(18)27/h5-8,13,16H,4,9-12,15H2,1-3H3. The van der Waals surface area contributed by atoms with Gasteiger partial charge in [0, 0.05) is 30.2 Å². The summed E-state index contributed by atoms with van der Waals surface area (Å²) in [5, 5.41) is 10.3. The van der Waals surface area contributed by atoms with Crippen LogP contribution in [0.2, 0.25) is 5.02 Å². The number of halogens is 1. The second-order valence-corrected chi connectivity index (χ2v) is 11.0. The fourth-order valence-corrected chi connectivity index (χ4v) is 6.00. The van der Waals surface area contributed by atoms with E-state index in [0.29, 0.717) is 32.3 Å². The lowest BCUT2D eigenvalue weighted by Crippen LogP contribution is -2.39. The van der Waals surface area contributed by atoms with Crippen molar-refractivity contribution in [3.63, 3.8) is 0 Å². The minimum Gasteiger partial charge on any atom is -0.357 e. The number of rotatable bonds is 5. The number of benzene rings is 1. The van der Waals surface area contributed by atoms with Crippen molar-refractivity contribution in [3.05, 3.63) is 66.8 Å². The Morgan fingerprint density at radius 1 is 1.26 bits per heavy atom. The number of thiocarbonyl (C=S) groups is 1. The average molecular weight is 527 g/mol. The molecule has 1 aromatic heterocycles. The number of pyridine rings is 1. The van der Waals surface area contributed by atoms with Crippen LogP contribution in [0.4, 0.5) is 5.82 Å². The SMILES string of the molecule is CCn1c(N2CCC(C)CC2)c(C=C2SC(=S)N(Cc3ccccc3Cl)C2=O)c(C)c(C#N)c1=O. The van der Waals surface area contributed by atoms with Crippen LogP contribution in [0.1, 0.15) is 48.9 Å². The van der Waals surface area contributed by atoms with Crippen molar-refractivity contribution in [3.8, 4) is 6.07 Å². The molecule has 2 aliphatic rings. The predicted molar refractivity (Wildman–Crippen MR) is 147 cm³/mol. The van der Waals surface area contributed by atoms with Crippen LogP contribution in [0.5, 0.6) is 0 Å². The lowest BCUT2D eigenvalue weighted by atomic mass is 9.97. The molecule has 35 heavy (non-hydrogen) atoms. The maximum atomic E-state index is 13.4. The summed E-state index contributed by atoms with van der Waals surface area (Å²) in [6.07, 6.45) is 3.85. The van der Waals surface area contributed by atoms with Gasteiger partial charge in [-0.2, -0.15) is 5.26 Å². The number of carbonyl (C=O) groups excluding carboxylic acids is 1. The van der Waals surface area contributed by atoms with Crippen LogP contribution < -0.4 is 10.5 Å². The molecule has 2 fully saturated rings. The molecule has 3 heterocycles. The zero-order valence-corrected chi connectivity index (χ0v) is 22.4. The number of thioether (sulfide) groups is 1. The second kappa shape index (κ2) is 10.6. The molecule has 0 spiro atoms. The van der Waals surface area contributed by atoms with E-state index < -0.39 is 0 Å². The summed E-state index contributed by atoms with van der Waals surface area (Å²) in [4.78, 5) is 30.8. The first-order valence-corrected chi connectivity index (χ1v) is 13.3. The summed E-state index contributed by atoms with van der Waals surface area (Å²) in [5.74, 6) is 1.19. The van der Waals surface area contributed by atoms with Crippen LogP contribution in [-0.4, -0.2) is 32.8 Å². The Balaban J connectivity index is 1.80. The lowest BCUT2D eigenvalue weighted by molar-refractivity contribution is -0.122. The van der Waals surface area contributed by atoms with Crippen LogP contribution in [0.15, 0.2) is 34.0 Å². The largest absolute Gasteiger partial charge is 0.357 e. The Morgan fingerprint density at radius 2 is 1.94 bits per heavy atom.